The standard InChI is InChI=1S/C21H27NO2S/c1-23-20-16-19-18(9-15-25-19)21(24-20)10-13-22(14-11-21)12-5-8-17-6-3-2-4-7-17/h2-4,6-7,9,15,20H,5,8,10-14,16H2,1H3. The van der Waals surface area contributed by atoms with Gasteiger partial charge in [-0.3, -0.25) is 0 Å². The molecule has 4 rings (SSSR count). The van der Waals surface area contributed by atoms with Crippen molar-refractivity contribution >= 4 is 11.3 Å². The van der Waals surface area contributed by atoms with E-state index in [9.17, 15) is 0 Å². The van der Waals surface area contributed by atoms with Gasteiger partial charge in [0.15, 0.2) is 6.29 Å². The van der Waals surface area contributed by atoms with Gasteiger partial charge in [0, 0.05) is 31.5 Å². The lowest BCUT2D eigenvalue weighted by Gasteiger charge is -2.46. The van der Waals surface area contributed by atoms with Gasteiger partial charge in [-0.1, -0.05) is 30.3 Å². The SMILES string of the molecule is COC1Cc2sccc2C2(CCN(CCCc3ccccc3)CC2)O1. The third kappa shape index (κ3) is 3.68. The maximum absolute atomic E-state index is 6.43. The molecule has 0 aliphatic carbocycles. The van der Waals surface area contributed by atoms with Crippen molar-refractivity contribution in [1.29, 1.82) is 0 Å². The van der Waals surface area contributed by atoms with Gasteiger partial charge in [0.25, 0.3) is 0 Å². The minimum Gasteiger partial charge on any atom is -0.355 e. The lowest BCUT2D eigenvalue weighted by molar-refractivity contribution is -0.226. The first-order valence-electron chi connectivity index (χ1n) is 9.33. The summed E-state index contributed by atoms with van der Waals surface area (Å²) in [5.74, 6) is 0. The van der Waals surface area contributed by atoms with Crippen LogP contribution in [0.25, 0.3) is 0 Å². The zero-order valence-corrected chi connectivity index (χ0v) is 15.8. The van der Waals surface area contributed by atoms with Crippen LogP contribution in [0.1, 0.15) is 35.3 Å². The van der Waals surface area contributed by atoms with E-state index < -0.39 is 0 Å². The highest BCUT2D eigenvalue weighted by molar-refractivity contribution is 7.10. The number of likely N-dealkylation sites (tertiary alicyclic amines) is 1. The van der Waals surface area contributed by atoms with E-state index >= 15 is 0 Å². The monoisotopic (exact) mass is 357 g/mol. The second kappa shape index (κ2) is 7.58. The second-order valence-electron chi connectivity index (χ2n) is 7.17. The van der Waals surface area contributed by atoms with Crippen molar-refractivity contribution in [3.05, 3.63) is 57.8 Å². The molecule has 1 fully saturated rings. The van der Waals surface area contributed by atoms with Gasteiger partial charge in [-0.2, -0.15) is 0 Å². The third-order valence-corrected chi connectivity index (χ3v) is 6.60. The number of rotatable bonds is 5. The quantitative estimate of drug-likeness (QED) is 0.800. The van der Waals surface area contributed by atoms with Gasteiger partial charge >= 0.3 is 0 Å². The molecule has 1 unspecified atom stereocenters. The molecule has 25 heavy (non-hydrogen) atoms. The van der Waals surface area contributed by atoms with Crippen LogP contribution in [0.15, 0.2) is 41.8 Å². The Kier molecular flexibility index (Phi) is 5.23. The highest BCUT2D eigenvalue weighted by Crippen LogP contribution is 2.45. The Morgan fingerprint density at radius 2 is 2.00 bits per heavy atom. The number of thiophene rings is 1. The van der Waals surface area contributed by atoms with Gasteiger partial charge in [-0.05, 0) is 54.8 Å². The molecular formula is C21H27NO2S. The van der Waals surface area contributed by atoms with Crippen LogP contribution in [0, 0.1) is 0 Å². The lowest BCUT2D eigenvalue weighted by atomic mass is 9.82. The predicted molar refractivity (Wildman–Crippen MR) is 102 cm³/mol. The molecule has 134 valence electrons. The maximum atomic E-state index is 6.43. The summed E-state index contributed by atoms with van der Waals surface area (Å²) in [5, 5.41) is 2.21. The van der Waals surface area contributed by atoms with Crippen LogP contribution in [0.5, 0.6) is 0 Å². The number of hydrogen-bond donors (Lipinski definition) is 0. The molecule has 0 N–H and O–H groups in total. The molecular weight excluding hydrogens is 330 g/mol. The Balaban J connectivity index is 1.34. The van der Waals surface area contributed by atoms with Crippen LogP contribution in [0.3, 0.4) is 0 Å². The van der Waals surface area contributed by atoms with Crippen LogP contribution in [0.4, 0.5) is 0 Å². The summed E-state index contributed by atoms with van der Waals surface area (Å²) in [6.07, 6.45) is 5.34. The van der Waals surface area contributed by atoms with Crippen LogP contribution >= 0.6 is 11.3 Å². The number of piperidine rings is 1. The van der Waals surface area contributed by atoms with Gasteiger partial charge in [-0.25, -0.2) is 0 Å². The Morgan fingerprint density at radius 3 is 2.76 bits per heavy atom. The molecule has 2 aliphatic rings. The smallest absolute Gasteiger partial charge is 0.163 e. The van der Waals surface area contributed by atoms with E-state index in [1.165, 1.54) is 35.4 Å². The van der Waals surface area contributed by atoms with E-state index in [0.717, 1.165) is 32.4 Å². The largest absolute Gasteiger partial charge is 0.355 e. The normalized spacial score (nSPS) is 22.8. The van der Waals surface area contributed by atoms with Gasteiger partial charge in [-0.15, -0.1) is 11.3 Å². The molecule has 1 spiro atoms. The summed E-state index contributed by atoms with van der Waals surface area (Å²) in [6, 6.07) is 13.1. The molecule has 0 saturated carbocycles. The molecule has 0 amide bonds. The third-order valence-electron chi connectivity index (χ3n) is 5.65. The average Bonchev–Trinajstić information content (AvgIpc) is 3.14. The minimum absolute atomic E-state index is 0.0872. The summed E-state index contributed by atoms with van der Waals surface area (Å²) in [6.45, 7) is 3.40. The van der Waals surface area contributed by atoms with E-state index in [2.05, 4.69) is 46.7 Å². The highest BCUT2D eigenvalue weighted by atomic mass is 32.1. The van der Waals surface area contributed by atoms with Gasteiger partial charge in [0.2, 0.25) is 0 Å². The first-order valence-corrected chi connectivity index (χ1v) is 10.2. The van der Waals surface area contributed by atoms with E-state index in [1.807, 2.05) is 11.3 Å². The van der Waals surface area contributed by atoms with Crippen LogP contribution < -0.4 is 0 Å². The van der Waals surface area contributed by atoms with E-state index in [4.69, 9.17) is 9.47 Å². The number of methoxy groups -OCH3 is 1. The minimum atomic E-state index is -0.121. The molecule has 3 nitrogen and oxygen atoms in total. The van der Waals surface area contributed by atoms with Crippen molar-refractivity contribution in [2.24, 2.45) is 0 Å². The van der Waals surface area contributed by atoms with Crippen molar-refractivity contribution in [1.82, 2.24) is 4.90 Å². The number of benzene rings is 1. The lowest BCUT2D eigenvalue weighted by Crippen LogP contribution is -2.48. The van der Waals surface area contributed by atoms with E-state index in [0.29, 0.717) is 0 Å². The molecule has 1 aromatic carbocycles. The zero-order valence-electron chi connectivity index (χ0n) is 14.9. The fourth-order valence-corrected chi connectivity index (χ4v) is 5.20. The fraction of sp³-hybridized carbons (Fsp3) is 0.524. The molecule has 3 heterocycles. The van der Waals surface area contributed by atoms with E-state index in [1.54, 1.807) is 7.11 Å². The Labute approximate surface area is 154 Å². The first-order chi connectivity index (χ1) is 12.3. The molecule has 2 aromatic rings. The maximum Gasteiger partial charge on any atom is 0.163 e. The Morgan fingerprint density at radius 1 is 1.20 bits per heavy atom. The summed E-state index contributed by atoms with van der Waals surface area (Å²) < 4.78 is 12.0. The Hall–Kier alpha value is -1.20. The van der Waals surface area contributed by atoms with E-state index in [-0.39, 0.29) is 11.9 Å². The molecule has 1 aromatic heterocycles. The van der Waals surface area contributed by atoms with Crippen molar-refractivity contribution in [2.45, 2.75) is 44.0 Å². The molecule has 4 heteroatoms. The summed E-state index contributed by atoms with van der Waals surface area (Å²) >= 11 is 1.85. The van der Waals surface area contributed by atoms with Gasteiger partial charge in [0.05, 0.1) is 5.60 Å². The Bertz CT molecular complexity index is 676. The predicted octanol–water partition coefficient (Wildman–Crippen LogP) is 4.22. The van der Waals surface area contributed by atoms with Crippen molar-refractivity contribution in [2.75, 3.05) is 26.7 Å². The number of ether oxygens (including phenoxy) is 2. The highest BCUT2D eigenvalue weighted by Gasteiger charge is 2.44. The summed E-state index contributed by atoms with van der Waals surface area (Å²) in [4.78, 5) is 4.05. The first kappa shape index (κ1) is 17.2. The van der Waals surface area contributed by atoms with Crippen molar-refractivity contribution in [3.63, 3.8) is 0 Å². The fourth-order valence-electron chi connectivity index (χ4n) is 4.22. The topological polar surface area (TPSA) is 21.7 Å². The summed E-state index contributed by atoms with van der Waals surface area (Å²) in [7, 11) is 1.76. The van der Waals surface area contributed by atoms with Crippen LogP contribution in [-0.2, 0) is 27.9 Å². The zero-order chi connectivity index (χ0) is 17.1. The van der Waals surface area contributed by atoms with Gasteiger partial charge < -0.3 is 14.4 Å². The van der Waals surface area contributed by atoms with Crippen LogP contribution in [-0.4, -0.2) is 37.9 Å². The summed E-state index contributed by atoms with van der Waals surface area (Å²) in [5.41, 5.74) is 2.75. The molecule has 2 aliphatic heterocycles. The number of aryl methyl sites for hydroxylation is 1. The molecule has 0 radical (unpaired) electrons. The molecule has 0 bridgehead atoms. The number of nitrogens with zero attached hydrogens (tertiary/aromatic N) is 1. The van der Waals surface area contributed by atoms with Crippen molar-refractivity contribution < 1.29 is 9.47 Å². The number of hydrogen-bond acceptors (Lipinski definition) is 4. The van der Waals surface area contributed by atoms with Gasteiger partial charge in [0.1, 0.15) is 0 Å². The second-order valence-corrected chi connectivity index (χ2v) is 8.17. The number of fused-ring (bicyclic) bond motifs is 2. The van der Waals surface area contributed by atoms with Crippen LogP contribution in [0.2, 0.25) is 0 Å². The molecule has 1 saturated heterocycles. The average molecular weight is 358 g/mol. The molecule has 1 atom stereocenters. The van der Waals surface area contributed by atoms with Crippen molar-refractivity contribution in [3.8, 4) is 0 Å².